The summed E-state index contributed by atoms with van der Waals surface area (Å²) in [6, 6.07) is 7.28. The molecule has 146 valence electrons. The molecule has 2 aromatic rings. The summed E-state index contributed by atoms with van der Waals surface area (Å²) >= 11 is 0.976. The van der Waals surface area contributed by atoms with Gasteiger partial charge in [0.05, 0.1) is 5.69 Å². The Hall–Kier alpha value is -2.17. The van der Waals surface area contributed by atoms with Gasteiger partial charge < -0.3 is 10.2 Å². The van der Waals surface area contributed by atoms with Gasteiger partial charge in [-0.1, -0.05) is 11.3 Å². The maximum atomic E-state index is 12.5. The second kappa shape index (κ2) is 7.45. The van der Waals surface area contributed by atoms with E-state index in [1.807, 2.05) is 24.3 Å². The van der Waals surface area contributed by atoms with Gasteiger partial charge in [0.15, 0.2) is 9.34 Å². The Kier molecular flexibility index (Phi) is 5.41. The highest BCUT2D eigenvalue weighted by Gasteiger charge is 2.26. The number of sulfonamides is 1. The van der Waals surface area contributed by atoms with Crippen LogP contribution in [0, 0.1) is 6.92 Å². The Balaban J connectivity index is 1.72. The molecule has 0 bridgehead atoms. The topological polar surface area (TPSA) is 85.9 Å². The summed E-state index contributed by atoms with van der Waals surface area (Å²) in [6.07, 6.45) is 1.21. The highest BCUT2D eigenvalue weighted by atomic mass is 32.2. The zero-order valence-electron chi connectivity index (χ0n) is 15.8. The van der Waals surface area contributed by atoms with Crippen molar-refractivity contribution in [2.24, 2.45) is 0 Å². The van der Waals surface area contributed by atoms with Gasteiger partial charge in [-0.2, -0.15) is 0 Å². The summed E-state index contributed by atoms with van der Waals surface area (Å²) < 4.78 is 26.0. The predicted molar refractivity (Wildman–Crippen MR) is 108 cm³/mol. The zero-order chi connectivity index (χ0) is 19.8. The minimum atomic E-state index is -3.59. The normalized spacial score (nSPS) is 14.2. The first-order valence-electron chi connectivity index (χ1n) is 8.50. The van der Waals surface area contributed by atoms with Crippen LogP contribution in [0.15, 0.2) is 28.5 Å². The van der Waals surface area contributed by atoms with E-state index in [2.05, 4.69) is 15.2 Å². The second-order valence-electron chi connectivity index (χ2n) is 6.53. The molecule has 0 atom stereocenters. The number of aryl methyl sites for hydroxylation is 1. The number of amides is 2. The molecule has 27 heavy (non-hydrogen) atoms. The molecule has 8 nitrogen and oxygen atoms in total. The average Bonchev–Trinajstić information content (AvgIpc) is 2.96. The molecule has 1 aromatic carbocycles. The number of hydrogen-bond donors (Lipinski definition) is 1. The van der Waals surface area contributed by atoms with Crippen molar-refractivity contribution in [1.82, 2.24) is 9.29 Å². The second-order valence-corrected chi connectivity index (χ2v) is 9.86. The lowest BCUT2D eigenvalue weighted by Gasteiger charge is -2.33. The van der Waals surface area contributed by atoms with Crippen LogP contribution in [0.5, 0.6) is 0 Å². The van der Waals surface area contributed by atoms with Crippen molar-refractivity contribution >= 4 is 43.9 Å². The van der Waals surface area contributed by atoms with Gasteiger partial charge in [-0.3, -0.25) is 4.90 Å². The summed E-state index contributed by atoms with van der Waals surface area (Å²) in [5.41, 5.74) is 2.19. The van der Waals surface area contributed by atoms with E-state index in [1.54, 1.807) is 14.0 Å². The molecule has 1 saturated heterocycles. The van der Waals surface area contributed by atoms with Gasteiger partial charge in [0, 0.05) is 45.6 Å². The van der Waals surface area contributed by atoms with Crippen LogP contribution in [0.2, 0.25) is 0 Å². The maximum Gasteiger partial charge on any atom is 0.327 e. The van der Waals surface area contributed by atoms with Crippen molar-refractivity contribution in [3.05, 3.63) is 30.0 Å². The van der Waals surface area contributed by atoms with Crippen molar-refractivity contribution in [3.63, 3.8) is 0 Å². The van der Waals surface area contributed by atoms with Crippen molar-refractivity contribution in [2.45, 2.75) is 17.6 Å². The summed E-state index contributed by atoms with van der Waals surface area (Å²) in [7, 11) is 0.908. The number of hydrogen-bond acceptors (Lipinski definition) is 6. The van der Waals surface area contributed by atoms with E-state index < -0.39 is 10.0 Å². The largest absolute Gasteiger partial charge is 0.371 e. The lowest BCUT2D eigenvalue weighted by atomic mass is 10.1. The third kappa shape index (κ3) is 3.92. The van der Waals surface area contributed by atoms with Gasteiger partial charge in [-0.25, -0.2) is 22.5 Å². The number of benzene rings is 1. The minimum Gasteiger partial charge on any atom is -0.371 e. The van der Waals surface area contributed by atoms with Crippen LogP contribution in [0.25, 0.3) is 0 Å². The fourth-order valence-corrected chi connectivity index (χ4v) is 5.15. The van der Waals surface area contributed by atoms with E-state index in [1.165, 1.54) is 25.4 Å². The number of aromatic nitrogens is 1. The first kappa shape index (κ1) is 19.6. The Morgan fingerprint density at radius 2 is 1.81 bits per heavy atom. The Morgan fingerprint density at radius 3 is 2.33 bits per heavy atom. The van der Waals surface area contributed by atoms with Crippen LogP contribution in [0.3, 0.4) is 0 Å². The molecule has 1 aliphatic rings. The Labute approximate surface area is 163 Å². The van der Waals surface area contributed by atoms with Gasteiger partial charge in [-0.05, 0) is 37.6 Å². The van der Waals surface area contributed by atoms with Crippen LogP contribution < -0.4 is 15.1 Å². The zero-order valence-corrected chi connectivity index (χ0v) is 17.4. The lowest BCUT2D eigenvalue weighted by Crippen LogP contribution is -2.36. The van der Waals surface area contributed by atoms with Crippen molar-refractivity contribution < 1.29 is 13.2 Å². The monoisotopic (exact) mass is 409 g/mol. The molecule has 1 aliphatic heterocycles. The molecule has 1 fully saturated rings. The number of urea groups is 1. The molecule has 3 rings (SSSR count). The molecule has 0 unspecified atom stereocenters. The Morgan fingerprint density at radius 1 is 1.19 bits per heavy atom. The lowest BCUT2D eigenvalue weighted by molar-refractivity contribution is 0.258. The first-order valence-corrected chi connectivity index (χ1v) is 10.8. The SMILES string of the molecule is Cc1nc(N(C)C(=O)Nc2ccc(N3CCC3)cc2)sc1S(=O)(=O)N(C)C. The van der Waals surface area contributed by atoms with E-state index in [0.29, 0.717) is 16.5 Å². The smallest absolute Gasteiger partial charge is 0.327 e. The molecule has 2 heterocycles. The van der Waals surface area contributed by atoms with Crippen LogP contribution in [-0.2, 0) is 10.0 Å². The van der Waals surface area contributed by atoms with Gasteiger partial charge in [0.1, 0.15) is 0 Å². The summed E-state index contributed by atoms with van der Waals surface area (Å²) in [6.45, 7) is 3.75. The molecular formula is C17H23N5O3S2. The van der Waals surface area contributed by atoms with E-state index in [9.17, 15) is 13.2 Å². The quantitative estimate of drug-likeness (QED) is 0.820. The molecule has 0 aliphatic carbocycles. The molecule has 0 radical (unpaired) electrons. The van der Waals surface area contributed by atoms with Gasteiger partial charge in [0.25, 0.3) is 10.0 Å². The fraction of sp³-hybridized carbons (Fsp3) is 0.412. The molecule has 0 saturated carbocycles. The van der Waals surface area contributed by atoms with Crippen LogP contribution in [0.1, 0.15) is 12.1 Å². The van der Waals surface area contributed by atoms with E-state index in [-0.39, 0.29) is 10.2 Å². The summed E-state index contributed by atoms with van der Waals surface area (Å²) in [4.78, 5) is 20.3. The summed E-state index contributed by atoms with van der Waals surface area (Å²) in [5.74, 6) is 0. The molecular weight excluding hydrogens is 386 g/mol. The number of nitrogens with zero attached hydrogens (tertiary/aromatic N) is 4. The highest BCUT2D eigenvalue weighted by Crippen LogP contribution is 2.31. The number of rotatable bonds is 5. The van der Waals surface area contributed by atoms with Crippen molar-refractivity contribution in [1.29, 1.82) is 0 Å². The number of carbonyl (C=O) groups is 1. The Bertz CT molecular complexity index is 934. The van der Waals surface area contributed by atoms with Crippen molar-refractivity contribution in [3.8, 4) is 0 Å². The minimum absolute atomic E-state index is 0.140. The number of carbonyl (C=O) groups excluding carboxylic acids is 1. The third-order valence-electron chi connectivity index (χ3n) is 4.39. The summed E-state index contributed by atoms with van der Waals surface area (Å²) in [5, 5.41) is 3.13. The van der Waals surface area contributed by atoms with Gasteiger partial charge in [0.2, 0.25) is 0 Å². The molecule has 1 N–H and O–H groups in total. The van der Waals surface area contributed by atoms with Gasteiger partial charge in [-0.15, -0.1) is 0 Å². The van der Waals surface area contributed by atoms with E-state index in [4.69, 9.17) is 0 Å². The van der Waals surface area contributed by atoms with Gasteiger partial charge >= 0.3 is 6.03 Å². The molecule has 0 spiro atoms. The number of anilines is 3. The number of thiazole rings is 1. The predicted octanol–water partition coefficient (Wildman–Crippen LogP) is 2.58. The average molecular weight is 410 g/mol. The maximum absolute atomic E-state index is 12.5. The molecule has 1 aromatic heterocycles. The molecule has 10 heteroatoms. The fourth-order valence-electron chi connectivity index (χ4n) is 2.54. The van der Waals surface area contributed by atoms with Crippen LogP contribution in [-0.4, -0.2) is 58.0 Å². The van der Waals surface area contributed by atoms with Crippen LogP contribution in [0.4, 0.5) is 21.3 Å². The van der Waals surface area contributed by atoms with Crippen molar-refractivity contribution in [2.75, 3.05) is 49.3 Å². The van der Waals surface area contributed by atoms with E-state index in [0.717, 1.165) is 34.4 Å². The first-order chi connectivity index (χ1) is 12.7. The number of nitrogens with one attached hydrogen (secondary N) is 1. The standard InChI is InChI=1S/C17H23N5O3S2/c1-12-15(27(24,25)20(2)3)26-17(18-12)21(4)16(23)19-13-6-8-14(9-7-13)22-10-5-11-22/h6-9H,5,10-11H2,1-4H3,(H,19,23). The molecule has 2 amide bonds. The third-order valence-corrected chi connectivity index (χ3v) is 8.02. The van der Waals surface area contributed by atoms with E-state index >= 15 is 0 Å². The highest BCUT2D eigenvalue weighted by molar-refractivity contribution is 7.91. The van der Waals surface area contributed by atoms with Crippen LogP contribution >= 0.6 is 11.3 Å².